The topological polar surface area (TPSA) is 40.5 Å². The number of carbonyl (C=O) groups is 1. The Labute approximate surface area is 95.7 Å². The van der Waals surface area contributed by atoms with E-state index >= 15 is 0 Å². The molecular formula is C13H17NO2. The lowest BCUT2D eigenvalue weighted by Crippen LogP contribution is -2.37. The van der Waals surface area contributed by atoms with E-state index < -0.39 is 0 Å². The van der Waals surface area contributed by atoms with E-state index in [1.165, 1.54) is 0 Å². The summed E-state index contributed by atoms with van der Waals surface area (Å²) in [5, 5.41) is 9.18. The largest absolute Gasteiger partial charge is 0.394 e. The van der Waals surface area contributed by atoms with Crippen LogP contribution in [-0.4, -0.2) is 35.1 Å². The lowest BCUT2D eigenvalue weighted by atomic mass is 10.1. The highest BCUT2D eigenvalue weighted by atomic mass is 16.3. The molecule has 3 nitrogen and oxygen atoms in total. The van der Waals surface area contributed by atoms with Crippen LogP contribution in [-0.2, 0) is 0 Å². The molecule has 1 N–H and O–H groups in total. The van der Waals surface area contributed by atoms with Gasteiger partial charge in [-0.05, 0) is 31.9 Å². The summed E-state index contributed by atoms with van der Waals surface area (Å²) in [5.74, 6) is 0.0385. The van der Waals surface area contributed by atoms with Gasteiger partial charge in [-0.1, -0.05) is 17.7 Å². The molecule has 1 atom stereocenters. The van der Waals surface area contributed by atoms with Crippen molar-refractivity contribution in [2.75, 3.05) is 13.2 Å². The summed E-state index contributed by atoms with van der Waals surface area (Å²) in [6.45, 7) is 2.83. The average molecular weight is 219 g/mol. The van der Waals surface area contributed by atoms with Crippen molar-refractivity contribution < 1.29 is 9.90 Å². The molecule has 1 heterocycles. The SMILES string of the molecule is Cc1ccc(C(=O)N2CCC[C@@H]2CO)cc1. The van der Waals surface area contributed by atoms with Crippen molar-refractivity contribution in [3.05, 3.63) is 35.4 Å². The van der Waals surface area contributed by atoms with Crippen molar-refractivity contribution in [1.82, 2.24) is 4.90 Å². The fourth-order valence-electron chi connectivity index (χ4n) is 2.15. The van der Waals surface area contributed by atoms with Crippen LogP contribution in [0.15, 0.2) is 24.3 Å². The molecule has 0 spiro atoms. The third kappa shape index (κ3) is 2.09. The van der Waals surface area contributed by atoms with Crippen LogP contribution >= 0.6 is 0 Å². The molecule has 1 aliphatic rings. The first kappa shape index (κ1) is 11.1. The van der Waals surface area contributed by atoms with Crippen molar-refractivity contribution >= 4 is 5.91 Å². The second kappa shape index (κ2) is 4.66. The van der Waals surface area contributed by atoms with Crippen LogP contribution in [0.3, 0.4) is 0 Å². The van der Waals surface area contributed by atoms with Crippen LogP contribution in [0.1, 0.15) is 28.8 Å². The smallest absolute Gasteiger partial charge is 0.254 e. The zero-order valence-electron chi connectivity index (χ0n) is 9.52. The van der Waals surface area contributed by atoms with Crippen molar-refractivity contribution in [3.8, 4) is 0 Å². The number of aliphatic hydroxyl groups is 1. The quantitative estimate of drug-likeness (QED) is 0.820. The molecule has 0 unspecified atom stereocenters. The van der Waals surface area contributed by atoms with Gasteiger partial charge >= 0.3 is 0 Å². The van der Waals surface area contributed by atoms with Crippen molar-refractivity contribution in [1.29, 1.82) is 0 Å². The Bertz CT molecular complexity index is 372. The molecule has 1 fully saturated rings. The molecular weight excluding hydrogens is 202 g/mol. The molecule has 2 rings (SSSR count). The highest BCUT2D eigenvalue weighted by Crippen LogP contribution is 2.19. The maximum atomic E-state index is 12.1. The molecule has 0 saturated carbocycles. The van der Waals surface area contributed by atoms with Gasteiger partial charge in [-0.25, -0.2) is 0 Å². The maximum absolute atomic E-state index is 12.1. The minimum absolute atomic E-state index is 0.00815. The number of carbonyl (C=O) groups excluding carboxylic acids is 1. The molecule has 1 aromatic carbocycles. The summed E-state index contributed by atoms with van der Waals surface area (Å²) in [6, 6.07) is 7.59. The van der Waals surface area contributed by atoms with Crippen molar-refractivity contribution in [3.63, 3.8) is 0 Å². The number of rotatable bonds is 2. The third-order valence-electron chi connectivity index (χ3n) is 3.15. The van der Waals surface area contributed by atoms with Gasteiger partial charge in [0.15, 0.2) is 0 Å². The van der Waals surface area contributed by atoms with Crippen LogP contribution in [0.5, 0.6) is 0 Å². The Kier molecular flexibility index (Phi) is 3.25. The predicted molar refractivity (Wildman–Crippen MR) is 62.3 cm³/mol. The Balaban J connectivity index is 2.15. The molecule has 0 radical (unpaired) electrons. The Morgan fingerprint density at radius 2 is 2.12 bits per heavy atom. The summed E-state index contributed by atoms with van der Waals surface area (Å²) < 4.78 is 0. The third-order valence-corrected chi connectivity index (χ3v) is 3.15. The second-order valence-electron chi connectivity index (χ2n) is 4.34. The molecule has 86 valence electrons. The summed E-state index contributed by atoms with van der Waals surface area (Å²) in [6.07, 6.45) is 1.90. The number of hydrogen-bond donors (Lipinski definition) is 1. The van der Waals surface area contributed by atoms with E-state index in [9.17, 15) is 9.90 Å². The molecule has 3 heteroatoms. The molecule has 0 bridgehead atoms. The fraction of sp³-hybridized carbons (Fsp3) is 0.462. The minimum Gasteiger partial charge on any atom is -0.394 e. The number of aliphatic hydroxyl groups excluding tert-OH is 1. The molecule has 16 heavy (non-hydrogen) atoms. The van der Waals surface area contributed by atoms with Crippen LogP contribution in [0.25, 0.3) is 0 Å². The average Bonchev–Trinajstić information content (AvgIpc) is 2.77. The Morgan fingerprint density at radius 3 is 2.75 bits per heavy atom. The standard InChI is InChI=1S/C13H17NO2/c1-10-4-6-11(7-5-10)13(16)14-8-2-3-12(14)9-15/h4-7,12,15H,2-3,8-9H2,1H3/t12-/m1/s1. The lowest BCUT2D eigenvalue weighted by molar-refractivity contribution is 0.0677. The number of nitrogens with zero attached hydrogens (tertiary/aromatic N) is 1. The molecule has 1 saturated heterocycles. The van der Waals surface area contributed by atoms with Crippen LogP contribution in [0, 0.1) is 6.92 Å². The van der Waals surface area contributed by atoms with Crippen molar-refractivity contribution in [2.45, 2.75) is 25.8 Å². The van der Waals surface area contributed by atoms with Crippen LogP contribution < -0.4 is 0 Å². The van der Waals surface area contributed by atoms with E-state index in [0.717, 1.165) is 24.9 Å². The predicted octanol–water partition coefficient (Wildman–Crippen LogP) is 1.59. The Morgan fingerprint density at radius 1 is 1.44 bits per heavy atom. The van der Waals surface area contributed by atoms with E-state index in [-0.39, 0.29) is 18.6 Å². The normalized spacial score (nSPS) is 20.1. The van der Waals surface area contributed by atoms with E-state index in [2.05, 4.69) is 0 Å². The first-order valence-electron chi connectivity index (χ1n) is 5.71. The monoisotopic (exact) mass is 219 g/mol. The molecule has 1 aliphatic heterocycles. The van der Waals surface area contributed by atoms with Gasteiger partial charge in [-0.2, -0.15) is 0 Å². The van der Waals surface area contributed by atoms with Gasteiger partial charge < -0.3 is 10.0 Å². The van der Waals surface area contributed by atoms with E-state index in [4.69, 9.17) is 0 Å². The van der Waals surface area contributed by atoms with Gasteiger partial charge in [-0.15, -0.1) is 0 Å². The second-order valence-corrected chi connectivity index (χ2v) is 4.34. The molecule has 1 amide bonds. The zero-order chi connectivity index (χ0) is 11.5. The number of benzene rings is 1. The maximum Gasteiger partial charge on any atom is 0.254 e. The number of likely N-dealkylation sites (tertiary alicyclic amines) is 1. The van der Waals surface area contributed by atoms with Crippen molar-refractivity contribution in [2.24, 2.45) is 0 Å². The van der Waals surface area contributed by atoms with E-state index in [0.29, 0.717) is 5.56 Å². The molecule has 0 aromatic heterocycles. The highest BCUT2D eigenvalue weighted by molar-refractivity contribution is 5.94. The van der Waals surface area contributed by atoms with Gasteiger partial charge in [0.2, 0.25) is 0 Å². The van der Waals surface area contributed by atoms with Crippen LogP contribution in [0.2, 0.25) is 0 Å². The van der Waals surface area contributed by atoms with Gasteiger partial charge in [-0.3, -0.25) is 4.79 Å². The molecule has 1 aromatic rings. The minimum atomic E-state index is 0.00815. The number of aryl methyl sites for hydroxylation is 1. The summed E-state index contributed by atoms with van der Waals surface area (Å²) in [5.41, 5.74) is 1.86. The van der Waals surface area contributed by atoms with E-state index in [1.54, 1.807) is 4.90 Å². The number of hydrogen-bond acceptors (Lipinski definition) is 2. The first-order valence-corrected chi connectivity index (χ1v) is 5.71. The summed E-state index contributed by atoms with van der Waals surface area (Å²) >= 11 is 0. The molecule has 0 aliphatic carbocycles. The fourth-order valence-corrected chi connectivity index (χ4v) is 2.15. The lowest BCUT2D eigenvalue weighted by Gasteiger charge is -2.23. The van der Waals surface area contributed by atoms with Crippen LogP contribution in [0.4, 0.5) is 0 Å². The van der Waals surface area contributed by atoms with Gasteiger partial charge in [0, 0.05) is 12.1 Å². The van der Waals surface area contributed by atoms with Gasteiger partial charge in [0.25, 0.3) is 5.91 Å². The summed E-state index contributed by atoms with van der Waals surface area (Å²) in [7, 11) is 0. The Hall–Kier alpha value is -1.35. The van der Waals surface area contributed by atoms with Gasteiger partial charge in [0.1, 0.15) is 0 Å². The highest BCUT2D eigenvalue weighted by Gasteiger charge is 2.28. The van der Waals surface area contributed by atoms with Gasteiger partial charge in [0.05, 0.1) is 12.6 Å². The number of amides is 1. The van der Waals surface area contributed by atoms with E-state index in [1.807, 2.05) is 31.2 Å². The first-order chi connectivity index (χ1) is 7.72. The zero-order valence-corrected chi connectivity index (χ0v) is 9.52. The summed E-state index contributed by atoms with van der Waals surface area (Å²) in [4.78, 5) is 13.9.